The molecule has 0 radical (unpaired) electrons. The van der Waals surface area contributed by atoms with E-state index in [4.69, 9.17) is 0 Å². The molecule has 3 aromatic rings. The first-order chi connectivity index (χ1) is 17.1. The molecular formula is C27H27N3O5S. The predicted octanol–water partition coefficient (Wildman–Crippen LogP) is 3.33. The number of hydrogen-bond acceptors (Lipinski definition) is 5. The quantitative estimate of drug-likeness (QED) is 0.456. The van der Waals surface area contributed by atoms with Crippen molar-refractivity contribution in [3.8, 4) is 0 Å². The number of rotatable bonds is 8. The van der Waals surface area contributed by atoms with Crippen molar-refractivity contribution in [3.63, 3.8) is 0 Å². The van der Waals surface area contributed by atoms with Crippen LogP contribution in [0.2, 0.25) is 0 Å². The van der Waals surface area contributed by atoms with E-state index < -0.39 is 22.0 Å². The summed E-state index contributed by atoms with van der Waals surface area (Å²) in [6.45, 7) is 3.43. The van der Waals surface area contributed by atoms with Crippen LogP contribution in [-0.4, -0.2) is 38.6 Å². The molecule has 0 bridgehead atoms. The molecule has 186 valence electrons. The molecule has 4 rings (SSSR count). The lowest BCUT2D eigenvalue weighted by Gasteiger charge is -2.20. The monoisotopic (exact) mass is 505 g/mol. The minimum Gasteiger partial charge on any atom is -0.325 e. The summed E-state index contributed by atoms with van der Waals surface area (Å²) in [7, 11) is -4.05. The van der Waals surface area contributed by atoms with Crippen LogP contribution in [0.4, 0.5) is 11.4 Å². The molecule has 0 saturated carbocycles. The summed E-state index contributed by atoms with van der Waals surface area (Å²) in [5, 5.41) is 2.74. The summed E-state index contributed by atoms with van der Waals surface area (Å²) in [5.41, 5.74) is 3.22. The third-order valence-corrected chi connectivity index (χ3v) is 7.56. The highest BCUT2D eigenvalue weighted by Gasteiger charge is 2.29. The van der Waals surface area contributed by atoms with Crippen LogP contribution in [0, 0.1) is 0 Å². The van der Waals surface area contributed by atoms with Gasteiger partial charge in [0.15, 0.2) is 5.78 Å². The molecule has 1 atom stereocenters. The van der Waals surface area contributed by atoms with E-state index >= 15 is 0 Å². The number of anilines is 2. The molecule has 1 aliphatic rings. The molecule has 1 aliphatic heterocycles. The van der Waals surface area contributed by atoms with Crippen molar-refractivity contribution in [1.82, 2.24) is 4.72 Å². The third-order valence-electron chi connectivity index (χ3n) is 6.09. The van der Waals surface area contributed by atoms with Crippen LogP contribution in [0.15, 0.2) is 77.7 Å². The lowest BCUT2D eigenvalue weighted by Crippen LogP contribution is -2.45. The molecule has 0 spiro atoms. The van der Waals surface area contributed by atoms with Crippen molar-refractivity contribution in [1.29, 1.82) is 0 Å². The predicted molar refractivity (Wildman–Crippen MR) is 138 cm³/mol. The summed E-state index contributed by atoms with van der Waals surface area (Å²) in [6.07, 6.45) is 0.697. The van der Waals surface area contributed by atoms with E-state index in [1.54, 1.807) is 41.3 Å². The number of Topliss-reactive ketones (excluding diaryl/α,β-unsaturated/α-hetero) is 1. The maximum absolute atomic E-state index is 13.3. The van der Waals surface area contributed by atoms with Gasteiger partial charge in [-0.25, -0.2) is 8.42 Å². The molecular weight excluding hydrogens is 478 g/mol. The van der Waals surface area contributed by atoms with Crippen LogP contribution < -0.4 is 14.9 Å². The molecule has 2 N–H and O–H groups in total. The Kier molecular flexibility index (Phi) is 7.32. The number of amides is 2. The van der Waals surface area contributed by atoms with Crippen molar-refractivity contribution >= 4 is 39.0 Å². The van der Waals surface area contributed by atoms with Crippen molar-refractivity contribution in [3.05, 3.63) is 89.5 Å². The number of benzene rings is 3. The smallest absolute Gasteiger partial charge is 0.242 e. The van der Waals surface area contributed by atoms with Gasteiger partial charge in [0.2, 0.25) is 21.8 Å². The standard InChI is InChI=1S/C27H27N3O5S/c1-18(31)21-8-10-23(11-9-21)28-27(33)25(16-20-6-4-3-5-7-20)29-36(34,35)24-12-13-26-22(17-24)14-15-30(26)19(2)32/h3-13,17,25,29H,14-16H2,1-2H3,(H,28,33)/t25-/m0/s1. The first kappa shape index (κ1) is 25.3. The van der Waals surface area contributed by atoms with Gasteiger partial charge in [0.1, 0.15) is 6.04 Å². The van der Waals surface area contributed by atoms with Gasteiger partial charge in [-0.05, 0) is 73.4 Å². The summed E-state index contributed by atoms with van der Waals surface area (Å²) in [6, 6.07) is 19.1. The van der Waals surface area contributed by atoms with Crippen LogP contribution in [0.3, 0.4) is 0 Å². The first-order valence-corrected chi connectivity index (χ1v) is 13.0. The molecule has 9 heteroatoms. The highest BCUT2D eigenvalue weighted by Crippen LogP contribution is 2.30. The zero-order valence-electron chi connectivity index (χ0n) is 20.0. The molecule has 36 heavy (non-hydrogen) atoms. The van der Waals surface area contributed by atoms with Crippen molar-refractivity contribution in [2.75, 3.05) is 16.8 Å². The number of nitrogens with zero attached hydrogens (tertiary/aromatic N) is 1. The van der Waals surface area contributed by atoms with E-state index in [-0.39, 0.29) is 23.0 Å². The average Bonchev–Trinajstić information content (AvgIpc) is 3.28. The Bertz CT molecular complexity index is 1400. The third kappa shape index (κ3) is 5.69. The Hall–Kier alpha value is -3.82. The number of carbonyl (C=O) groups excluding carboxylic acids is 3. The van der Waals surface area contributed by atoms with Gasteiger partial charge in [0.25, 0.3) is 0 Å². The Balaban J connectivity index is 1.58. The Morgan fingerprint density at radius 2 is 1.64 bits per heavy atom. The Morgan fingerprint density at radius 1 is 0.944 bits per heavy atom. The van der Waals surface area contributed by atoms with E-state index in [1.165, 1.54) is 19.9 Å². The van der Waals surface area contributed by atoms with Crippen LogP contribution in [-0.2, 0) is 32.5 Å². The zero-order chi connectivity index (χ0) is 25.9. The van der Waals surface area contributed by atoms with Gasteiger partial charge in [-0.2, -0.15) is 4.72 Å². The fraction of sp³-hybridized carbons (Fsp3) is 0.222. The number of nitrogens with one attached hydrogen (secondary N) is 2. The van der Waals surface area contributed by atoms with Gasteiger partial charge in [0.05, 0.1) is 4.90 Å². The number of fused-ring (bicyclic) bond motifs is 1. The maximum Gasteiger partial charge on any atom is 0.242 e. The van der Waals surface area contributed by atoms with Gasteiger partial charge >= 0.3 is 0 Å². The molecule has 0 unspecified atom stereocenters. The highest BCUT2D eigenvalue weighted by molar-refractivity contribution is 7.89. The van der Waals surface area contributed by atoms with E-state index in [0.29, 0.717) is 29.9 Å². The van der Waals surface area contributed by atoms with Crippen LogP contribution in [0.1, 0.15) is 35.3 Å². The summed E-state index contributed by atoms with van der Waals surface area (Å²) in [5.74, 6) is -0.719. The van der Waals surface area contributed by atoms with E-state index in [1.807, 2.05) is 30.3 Å². The van der Waals surface area contributed by atoms with Gasteiger partial charge in [-0.3, -0.25) is 14.4 Å². The summed E-state index contributed by atoms with van der Waals surface area (Å²) < 4.78 is 29.2. The fourth-order valence-corrected chi connectivity index (χ4v) is 5.43. The summed E-state index contributed by atoms with van der Waals surface area (Å²) in [4.78, 5) is 38.2. The molecule has 0 aliphatic carbocycles. The molecule has 2 amide bonds. The Morgan fingerprint density at radius 3 is 2.28 bits per heavy atom. The SMILES string of the molecule is CC(=O)c1ccc(NC(=O)[C@H](Cc2ccccc2)NS(=O)(=O)c2ccc3c(c2)CCN3C(C)=O)cc1. The lowest BCUT2D eigenvalue weighted by molar-refractivity contribution is -0.118. The van der Waals surface area contributed by atoms with E-state index in [2.05, 4.69) is 10.0 Å². The van der Waals surface area contributed by atoms with Crippen LogP contribution in [0.25, 0.3) is 0 Å². The fourth-order valence-electron chi connectivity index (χ4n) is 4.18. The van der Waals surface area contributed by atoms with Crippen molar-refractivity contribution < 1.29 is 22.8 Å². The normalized spacial score (nSPS) is 13.7. The molecule has 3 aromatic carbocycles. The van der Waals surface area contributed by atoms with Crippen molar-refractivity contribution in [2.45, 2.75) is 37.6 Å². The largest absolute Gasteiger partial charge is 0.325 e. The van der Waals surface area contributed by atoms with Crippen LogP contribution >= 0.6 is 0 Å². The van der Waals surface area contributed by atoms with Gasteiger partial charge < -0.3 is 10.2 Å². The molecule has 8 nitrogen and oxygen atoms in total. The Labute approximate surface area is 210 Å². The second-order valence-corrected chi connectivity index (χ2v) is 10.4. The molecule has 0 saturated heterocycles. The van der Waals surface area contributed by atoms with E-state index in [9.17, 15) is 22.8 Å². The zero-order valence-corrected chi connectivity index (χ0v) is 20.8. The van der Waals surface area contributed by atoms with Gasteiger partial charge in [-0.1, -0.05) is 30.3 Å². The minimum atomic E-state index is -4.05. The van der Waals surface area contributed by atoms with Crippen molar-refractivity contribution in [2.24, 2.45) is 0 Å². The van der Waals surface area contributed by atoms with E-state index in [0.717, 1.165) is 11.1 Å². The molecule has 1 heterocycles. The average molecular weight is 506 g/mol. The number of hydrogen-bond donors (Lipinski definition) is 2. The lowest BCUT2D eigenvalue weighted by atomic mass is 10.1. The number of carbonyl (C=O) groups is 3. The molecule has 0 aromatic heterocycles. The van der Waals surface area contributed by atoms with Crippen LogP contribution in [0.5, 0.6) is 0 Å². The number of ketones is 1. The second-order valence-electron chi connectivity index (χ2n) is 8.70. The molecule has 0 fully saturated rings. The van der Waals surface area contributed by atoms with Gasteiger partial charge in [0, 0.05) is 30.4 Å². The second kappa shape index (κ2) is 10.4. The minimum absolute atomic E-state index is 0.0309. The topological polar surface area (TPSA) is 113 Å². The number of sulfonamides is 1. The highest BCUT2D eigenvalue weighted by atomic mass is 32.2. The van der Waals surface area contributed by atoms with Gasteiger partial charge in [-0.15, -0.1) is 0 Å². The maximum atomic E-state index is 13.3. The summed E-state index contributed by atoms with van der Waals surface area (Å²) >= 11 is 0. The first-order valence-electron chi connectivity index (χ1n) is 11.5.